The summed E-state index contributed by atoms with van der Waals surface area (Å²) in [7, 11) is 1.58. The molecule has 32 heavy (non-hydrogen) atoms. The van der Waals surface area contributed by atoms with Gasteiger partial charge in [-0.1, -0.05) is 17.2 Å². The van der Waals surface area contributed by atoms with E-state index < -0.39 is 0 Å². The molecule has 1 saturated heterocycles. The van der Waals surface area contributed by atoms with Gasteiger partial charge in [0.1, 0.15) is 5.69 Å². The summed E-state index contributed by atoms with van der Waals surface area (Å²) in [4.78, 5) is 42.7. The lowest BCUT2D eigenvalue weighted by molar-refractivity contribution is -0.121. The molecule has 4 rings (SSSR count). The van der Waals surface area contributed by atoms with E-state index in [9.17, 15) is 14.4 Å². The molecule has 2 aromatic carbocycles. The molecule has 7 nitrogen and oxygen atoms in total. The number of aryl methyl sites for hydroxylation is 2. The summed E-state index contributed by atoms with van der Waals surface area (Å²) in [5.74, 6) is -0.571. The fourth-order valence-electron chi connectivity index (χ4n) is 4.37. The topological polar surface area (TPSA) is 94.3 Å². The van der Waals surface area contributed by atoms with Gasteiger partial charge >= 0.3 is 0 Å². The number of amides is 3. The van der Waals surface area contributed by atoms with Gasteiger partial charge in [0.2, 0.25) is 5.91 Å². The SMILES string of the molecule is CNC(=O)c1cc2cc(NC(=O)C3CCCN(C(=O)c4cc(C)cc(C)c4)C3)ccc2[nH]1. The predicted octanol–water partition coefficient (Wildman–Crippen LogP) is 3.64. The zero-order chi connectivity index (χ0) is 22.8. The van der Waals surface area contributed by atoms with Crippen molar-refractivity contribution in [3.05, 3.63) is 64.8 Å². The van der Waals surface area contributed by atoms with Gasteiger partial charge in [-0.2, -0.15) is 0 Å². The molecule has 1 unspecified atom stereocenters. The van der Waals surface area contributed by atoms with Crippen LogP contribution in [0.2, 0.25) is 0 Å². The lowest BCUT2D eigenvalue weighted by Crippen LogP contribution is -2.43. The van der Waals surface area contributed by atoms with Gasteiger partial charge in [0.15, 0.2) is 0 Å². The molecule has 2 heterocycles. The molecule has 0 saturated carbocycles. The minimum atomic E-state index is -0.262. The van der Waals surface area contributed by atoms with Crippen LogP contribution in [0.15, 0.2) is 42.5 Å². The molecule has 3 aromatic rings. The number of aromatic amines is 1. The van der Waals surface area contributed by atoms with Crippen LogP contribution in [0.3, 0.4) is 0 Å². The maximum atomic E-state index is 13.0. The highest BCUT2D eigenvalue weighted by atomic mass is 16.2. The molecule has 0 bridgehead atoms. The average molecular weight is 433 g/mol. The van der Waals surface area contributed by atoms with E-state index in [1.54, 1.807) is 18.0 Å². The molecule has 7 heteroatoms. The zero-order valence-corrected chi connectivity index (χ0v) is 18.6. The van der Waals surface area contributed by atoms with Crippen LogP contribution < -0.4 is 10.6 Å². The first-order chi connectivity index (χ1) is 15.3. The largest absolute Gasteiger partial charge is 0.354 e. The summed E-state index contributed by atoms with van der Waals surface area (Å²) in [5, 5.41) is 6.42. The van der Waals surface area contributed by atoms with Crippen molar-refractivity contribution in [2.75, 3.05) is 25.5 Å². The molecule has 0 aliphatic carbocycles. The highest BCUT2D eigenvalue weighted by molar-refractivity contribution is 6.00. The van der Waals surface area contributed by atoms with Crippen LogP contribution in [-0.2, 0) is 4.79 Å². The Kier molecular flexibility index (Phi) is 5.99. The Morgan fingerprint density at radius 1 is 1.03 bits per heavy atom. The van der Waals surface area contributed by atoms with Gasteiger partial charge in [-0.3, -0.25) is 14.4 Å². The van der Waals surface area contributed by atoms with E-state index in [2.05, 4.69) is 15.6 Å². The molecular weight excluding hydrogens is 404 g/mol. The first kappa shape index (κ1) is 21.6. The molecule has 1 aliphatic heterocycles. The quantitative estimate of drug-likeness (QED) is 0.588. The monoisotopic (exact) mass is 432 g/mol. The molecule has 166 valence electrons. The van der Waals surface area contributed by atoms with E-state index in [1.807, 2.05) is 50.2 Å². The maximum Gasteiger partial charge on any atom is 0.267 e. The van der Waals surface area contributed by atoms with Crippen molar-refractivity contribution in [2.24, 2.45) is 5.92 Å². The van der Waals surface area contributed by atoms with Crippen molar-refractivity contribution >= 4 is 34.3 Å². The number of aromatic nitrogens is 1. The van der Waals surface area contributed by atoms with Gasteiger partial charge in [-0.15, -0.1) is 0 Å². The van der Waals surface area contributed by atoms with Gasteiger partial charge in [0.25, 0.3) is 11.8 Å². The fraction of sp³-hybridized carbons (Fsp3) is 0.320. The van der Waals surface area contributed by atoms with Crippen molar-refractivity contribution in [1.29, 1.82) is 0 Å². The number of nitrogens with zero attached hydrogens (tertiary/aromatic N) is 1. The van der Waals surface area contributed by atoms with Gasteiger partial charge in [0, 0.05) is 42.3 Å². The molecule has 3 N–H and O–H groups in total. The van der Waals surface area contributed by atoms with E-state index in [-0.39, 0.29) is 23.6 Å². The van der Waals surface area contributed by atoms with Crippen LogP contribution in [0.25, 0.3) is 10.9 Å². The summed E-state index contributed by atoms with van der Waals surface area (Å²) in [5.41, 5.74) is 4.75. The van der Waals surface area contributed by atoms with E-state index in [1.165, 1.54) is 0 Å². The Morgan fingerprint density at radius 3 is 2.50 bits per heavy atom. The number of rotatable bonds is 4. The number of benzene rings is 2. The summed E-state index contributed by atoms with van der Waals surface area (Å²) in [6.45, 7) is 5.03. The molecule has 1 fully saturated rings. The number of likely N-dealkylation sites (tertiary alicyclic amines) is 1. The Labute approximate surface area is 187 Å². The van der Waals surface area contributed by atoms with Crippen molar-refractivity contribution in [3.8, 4) is 0 Å². The molecule has 0 radical (unpaired) electrons. The van der Waals surface area contributed by atoms with Crippen LogP contribution in [-0.4, -0.2) is 47.7 Å². The van der Waals surface area contributed by atoms with Gasteiger partial charge < -0.3 is 20.5 Å². The smallest absolute Gasteiger partial charge is 0.267 e. The van der Waals surface area contributed by atoms with E-state index in [0.29, 0.717) is 30.0 Å². The lowest BCUT2D eigenvalue weighted by atomic mass is 9.96. The number of carbonyl (C=O) groups is 3. The second-order valence-corrected chi connectivity index (χ2v) is 8.52. The molecule has 1 aromatic heterocycles. The summed E-state index contributed by atoms with van der Waals surface area (Å²) < 4.78 is 0. The van der Waals surface area contributed by atoms with Gasteiger partial charge in [-0.25, -0.2) is 0 Å². The first-order valence-corrected chi connectivity index (χ1v) is 10.9. The van der Waals surface area contributed by atoms with Gasteiger partial charge in [-0.05, 0) is 63.1 Å². The Bertz CT molecular complexity index is 1180. The number of piperidine rings is 1. The van der Waals surface area contributed by atoms with Crippen LogP contribution in [0.5, 0.6) is 0 Å². The minimum absolute atomic E-state index is 0.0234. The number of hydrogen-bond donors (Lipinski definition) is 3. The first-order valence-electron chi connectivity index (χ1n) is 10.9. The van der Waals surface area contributed by atoms with Crippen LogP contribution >= 0.6 is 0 Å². The van der Waals surface area contributed by atoms with Crippen LogP contribution in [0.4, 0.5) is 5.69 Å². The summed E-state index contributed by atoms with van der Waals surface area (Å²) >= 11 is 0. The summed E-state index contributed by atoms with van der Waals surface area (Å²) in [6, 6.07) is 13.1. The maximum absolute atomic E-state index is 13.0. The second-order valence-electron chi connectivity index (χ2n) is 8.52. The van der Waals surface area contributed by atoms with Crippen molar-refractivity contribution in [1.82, 2.24) is 15.2 Å². The van der Waals surface area contributed by atoms with E-state index in [0.717, 1.165) is 34.9 Å². The van der Waals surface area contributed by atoms with Crippen LogP contribution in [0, 0.1) is 19.8 Å². The van der Waals surface area contributed by atoms with E-state index in [4.69, 9.17) is 0 Å². The number of H-pyrrole nitrogens is 1. The highest BCUT2D eigenvalue weighted by Gasteiger charge is 2.29. The van der Waals surface area contributed by atoms with Crippen molar-refractivity contribution in [3.63, 3.8) is 0 Å². The Balaban J connectivity index is 1.45. The molecular formula is C25H28N4O3. The number of anilines is 1. The standard InChI is InChI=1S/C25H28N4O3/c1-15-9-16(2)11-19(10-15)25(32)29-8-4-5-17(14-29)23(30)27-20-6-7-21-18(12-20)13-22(28-21)24(31)26-3/h6-7,9-13,17,28H,4-5,8,14H2,1-3H3,(H,26,31)(H,27,30). The molecule has 0 spiro atoms. The summed E-state index contributed by atoms with van der Waals surface area (Å²) in [6.07, 6.45) is 1.54. The number of fused-ring (bicyclic) bond motifs is 1. The third-order valence-corrected chi connectivity index (χ3v) is 5.91. The van der Waals surface area contributed by atoms with Crippen molar-refractivity contribution in [2.45, 2.75) is 26.7 Å². The number of carbonyl (C=O) groups excluding carboxylic acids is 3. The van der Waals surface area contributed by atoms with Gasteiger partial charge in [0.05, 0.1) is 5.92 Å². The molecule has 3 amide bonds. The number of nitrogens with one attached hydrogen (secondary N) is 3. The Hall–Kier alpha value is -3.61. The third-order valence-electron chi connectivity index (χ3n) is 5.91. The zero-order valence-electron chi connectivity index (χ0n) is 18.6. The molecule has 1 atom stereocenters. The van der Waals surface area contributed by atoms with Crippen molar-refractivity contribution < 1.29 is 14.4 Å². The fourth-order valence-corrected chi connectivity index (χ4v) is 4.37. The van der Waals surface area contributed by atoms with Crippen LogP contribution in [0.1, 0.15) is 44.8 Å². The average Bonchev–Trinajstić information content (AvgIpc) is 3.21. The second kappa shape index (κ2) is 8.86. The van der Waals surface area contributed by atoms with E-state index >= 15 is 0 Å². The third kappa shape index (κ3) is 4.51. The Morgan fingerprint density at radius 2 is 1.78 bits per heavy atom. The minimum Gasteiger partial charge on any atom is -0.354 e. The normalized spacial score (nSPS) is 16.1. The highest BCUT2D eigenvalue weighted by Crippen LogP contribution is 2.24. The number of hydrogen-bond acceptors (Lipinski definition) is 3. The lowest BCUT2D eigenvalue weighted by Gasteiger charge is -2.32. The predicted molar refractivity (Wildman–Crippen MR) is 125 cm³/mol. The molecule has 1 aliphatic rings.